The summed E-state index contributed by atoms with van der Waals surface area (Å²) in [5.41, 5.74) is 0. The number of carbonyl (C=O) groups excluding carboxylic acids is 1. The fraction of sp³-hybridized carbons (Fsp3) is 0.480. The first-order valence-corrected chi connectivity index (χ1v) is 10.6. The van der Waals surface area contributed by atoms with Gasteiger partial charge in [-0.25, -0.2) is 4.79 Å². The summed E-state index contributed by atoms with van der Waals surface area (Å²) in [6, 6.07) is 0. The minimum atomic E-state index is -1.51. The Bertz CT molecular complexity index is 565. The van der Waals surface area contributed by atoms with Crippen molar-refractivity contribution in [2.24, 2.45) is 0 Å². The number of esters is 1. The van der Waals surface area contributed by atoms with Crippen LogP contribution in [0.3, 0.4) is 0 Å². The van der Waals surface area contributed by atoms with Gasteiger partial charge in [0.15, 0.2) is 0 Å². The lowest BCUT2D eigenvalue weighted by atomic mass is 10.1. The van der Waals surface area contributed by atoms with Gasteiger partial charge in [0.1, 0.15) is 6.10 Å². The second-order valence-electron chi connectivity index (χ2n) is 6.80. The molecule has 2 atom stereocenters. The van der Waals surface area contributed by atoms with E-state index in [1.165, 1.54) is 64.0 Å². The molecule has 0 rings (SSSR count). The van der Waals surface area contributed by atoms with Gasteiger partial charge in [-0.15, -0.1) is 0 Å². The second-order valence-corrected chi connectivity index (χ2v) is 6.80. The van der Waals surface area contributed by atoms with Crippen LogP contribution in [0.4, 0.5) is 0 Å². The lowest BCUT2D eigenvalue weighted by molar-refractivity contribution is -0.178. The monoisotopic (exact) mass is 402 g/mol. The molecule has 0 aromatic carbocycles. The average Bonchev–Trinajstić information content (AvgIpc) is 2.69. The fourth-order valence-electron chi connectivity index (χ4n) is 2.30. The lowest BCUT2D eigenvalue weighted by Gasteiger charge is -2.12. The van der Waals surface area contributed by atoms with Crippen LogP contribution in [0.1, 0.15) is 65.2 Å². The van der Waals surface area contributed by atoms with Crippen LogP contribution in [0.15, 0.2) is 72.9 Å². The van der Waals surface area contributed by atoms with Crippen molar-refractivity contribution in [3.63, 3.8) is 0 Å². The molecule has 0 aliphatic rings. The maximum atomic E-state index is 11.3. The highest BCUT2D eigenvalue weighted by atomic mass is 16.6. The molecule has 2 N–H and O–H groups in total. The minimum Gasteiger partial charge on any atom is -0.430 e. The molecule has 0 aliphatic heterocycles. The Kier molecular flexibility index (Phi) is 19.0. The van der Waals surface area contributed by atoms with Gasteiger partial charge in [-0.1, -0.05) is 112 Å². The highest BCUT2D eigenvalue weighted by molar-refractivity contribution is 5.82. The summed E-state index contributed by atoms with van der Waals surface area (Å²) in [4.78, 5) is 11.3. The smallest absolute Gasteiger partial charge is 0.333 e. The van der Waals surface area contributed by atoms with E-state index in [9.17, 15) is 9.90 Å². The number of aliphatic hydroxyl groups excluding tert-OH is 2. The summed E-state index contributed by atoms with van der Waals surface area (Å²) in [5, 5.41) is 18.2. The second kappa shape index (κ2) is 20.6. The van der Waals surface area contributed by atoms with E-state index in [0.29, 0.717) is 0 Å². The maximum absolute atomic E-state index is 11.3. The van der Waals surface area contributed by atoms with Crippen molar-refractivity contribution in [3.05, 3.63) is 72.9 Å². The number of allylic oxidation sites excluding steroid dienone is 11. The molecule has 4 nitrogen and oxygen atoms in total. The van der Waals surface area contributed by atoms with Gasteiger partial charge in [-0.3, -0.25) is 0 Å². The van der Waals surface area contributed by atoms with Gasteiger partial charge in [0.25, 0.3) is 0 Å². The van der Waals surface area contributed by atoms with Gasteiger partial charge in [-0.05, 0) is 19.8 Å². The molecule has 2 unspecified atom stereocenters. The summed E-state index contributed by atoms with van der Waals surface area (Å²) in [6.07, 6.45) is 29.9. The van der Waals surface area contributed by atoms with E-state index < -0.39 is 18.4 Å². The Balaban J connectivity index is 3.77. The quantitative estimate of drug-likeness (QED) is 0.114. The standard InChI is InChI=1S/C25H38O4/c1-3-4-5-6-7-8-9-10-11-12-13-14-15-16-17-18-19-20-21-22-24(27)29-25(28)23(2)26/h11-23,25-26,28H,3-10H2,1-2H3/b12-11+,14-13+,16-15+,18-17+,20-19+,22-21+. The maximum Gasteiger partial charge on any atom is 0.333 e. The number of hydrogen-bond donors (Lipinski definition) is 2. The molecule has 0 spiro atoms. The Morgan fingerprint density at radius 3 is 1.79 bits per heavy atom. The van der Waals surface area contributed by atoms with E-state index in [0.717, 1.165) is 6.42 Å². The first kappa shape index (κ1) is 26.8. The van der Waals surface area contributed by atoms with Crippen molar-refractivity contribution in [1.29, 1.82) is 0 Å². The Labute approximate surface area is 176 Å². The molecule has 4 heteroatoms. The normalized spacial score (nSPS) is 15.0. The van der Waals surface area contributed by atoms with Crippen molar-refractivity contribution in [2.75, 3.05) is 0 Å². The third kappa shape index (κ3) is 20.4. The third-order valence-electron chi connectivity index (χ3n) is 3.99. The summed E-state index contributed by atoms with van der Waals surface area (Å²) in [5.74, 6) is -0.711. The van der Waals surface area contributed by atoms with E-state index in [1.54, 1.807) is 12.2 Å². The van der Waals surface area contributed by atoms with E-state index in [-0.39, 0.29) is 0 Å². The van der Waals surface area contributed by atoms with Gasteiger partial charge >= 0.3 is 5.97 Å². The molecule has 0 bridgehead atoms. The zero-order valence-electron chi connectivity index (χ0n) is 18.0. The first-order chi connectivity index (χ1) is 14.1. The van der Waals surface area contributed by atoms with Crippen LogP contribution >= 0.6 is 0 Å². The molecule has 0 aromatic heterocycles. The number of aliphatic hydroxyl groups is 2. The molecular formula is C25H38O4. The molecule has 0 aliphatic carbocycles. The largest absolute Gasteiger partial charge is 0.430 e. The molecule has 162 valence electrons. The van der Waals surface area contributed by atoms with Crippen LogP contribution < -0.4 is 0 Å². The molecule has 0 amide bonds. The van der Waals surface area contributed by atoms with Crippen LogP contribution in [0.2, 0.25) is 0 Å². The molecule has 0 radical (unpaired) electrons. The van der Waals surface area contributed by atoms with Crippen molar-refractivity contribution in [3.8, 4) is 0 Å². The average molecular weight is 403 g/mol. The molecule has 0 fully saturated rings. The van der Waals surface area contributed by atoms with E-state index in [1.807, 2.05) is 36.5 Å². The summed E-state index contributed by atoms with van der Waals surface area (Å²) in [6.45, 7) is 3.58. The fourth-order valence-corrected chi connectivity index (χ4v) is 2.30. The Hall–Kier alpha value is -2.17. The minimum absolute atomic E-state index is 0.711. The van der Waals surface area contributed by atoms with Crippen LogP contribution in [0.25, 0.3) is 0 Å². The van der Waals surface area contributed by atoms with Crippen molar-refractivity contribution in [2.45, 2.75) is 77.6 Å². The number of hydrogen-bond acceptors (Lipinski definition) is 4. The van der Waals surface area contributed by atoms with Crippen LogP contribution in [0, 0.1) is 0 Å². The molecular weight excluding hydrogens is 364 g/mol. The summed E-state index contributed by atoms with van der Waals surface area (Å²) >= 11 is 0. The van der Waals surface area contributed by atoms with Gasteiger partial charge in [0.2, 0.25) is 6.29 Å². The predicted octanol–water partition coefficient (Wildman–Crippen LogP) is 5.71. The van der Waals surface area contributed by atoms with Gasteiger partial charge < -0.3 is 14.9 Å². The molecule has 0 aromatic rings. The van der Waals surface area contributed by atoms with E-state index in [2.05, 4.69) is 23.8 Å². The molecule has 0 saturated carbocycles. The highest BCUT2D eigenvalue weighted by Gasteiger charge is 2.13. The number of carbonyl (C=O) groups is 1. The molecule has 29 heavy (non-hydrogen) atoms. The summed E-state index contributed by atoms with van der Waals surface area (Å²) in [7, 11) is 0. The van der Waals surface area contributed by atoms with Crippen molar-refractivity contribution < 1.29 is 19.7 Å². The van der Waals surface area contributed by atoms with Crippen LogP contribution in [0.5, 0.6) is 0 Å². The van der Waals surface area contributed by atoms with Crippen molar-refractivity contribution in [1.82, 2.24) is 0 Å². The highest BCUT2D eigenvalue weighted by Crippen LogP contribution is 2.08. The topological polar surface area (TPSA) is 66.8 Å². The third-order valence-corrected chi connectivity index (χ3v) is 3.99. The van der Waals surface area contributed by atoms with Gasteiger partial charge in [-0.2, -0.15) is 0 Å². The van der Waals surface area contributed by atoms with Gasteiger partial charge in [0, 0.05) is 6.08 Å². The molecule has 0 heterocycles. The van der Waals surface area contributed by atoms with Crippen molar-refractivity contribution >= 4 is 5.97 Å². The zero-order valence-corrected chi connectivity index (χ0v) is 18.0. The lowest BCUT2D eigenvalue weighted by Crippen LogP contribution is -2.27. The zero-order chi connectivity index (χ0) is 21.6. The summed E-state index contributed by atoms with van der Waals surface area (Å²) < 4.78 is 4.55. The number of ether oxygens (including phenoxy) is 1. The first-order valence-electron chi connectivity index (χ1n) is 10.6. The number of rotatable bonds is 16. The van der Waals surface area contributed by atoms with E-state index >= 15 is 0 Å². The SMILES string of the molecule is CCCCCCCCC/C=C/C=C/C=C/C=C/C=C/C=C/C(=O)OC(O)C(C)O. The predicted molar refractivity (Wildman–Crippen MR) is 121 cm³/mol. The van der Waals surface area contributed by atoms with E-state index in [4.69, 9.17) is 5.11 Å². The number of unbranched alkanes of at least 4 members (excludes halogenated alkanes) is 7. The van der Waals surface area contributed by atoms with Crippen LogP contribution in [-0.4, -0.2) is 28.6 Å². The van der Waals surface area contributed by atoms with Gasteiger partial charge in [0.05, 0.1) is 0 Å². The Morgan fingerprint density at radius 2 is 1.24 bits per heavy atom. The Morgan fingerprint density at radius 1 is 0.759 bits per heavy atom. The molecule has 0 saturated heterocycles. The van der Waals surface area contributed by atoms with Crippen LogP contribution in [-0.2, 0) is 9.53 Å².